The summed E-state index contributed by atoms with van der Waals surface area (Å²) < 4.78 is 12.5. The Morgan fingerprint density at radius 3 is 2.78 bits per heavy atom. The van der Waals surface area contributed by atoms with Crippen LogP contribution in [0.4, 0.5) is 0 Å². The highest BCUT2D eigenvalue weighted by Crippen LogP contribution is 2.35. The molecule has 0 N–H and O–H groups in total. The van der Waals surface area contributed by atoms with Crippen LogP contribution in [0.3, 0.4) is 0 Å². The second-order valence-corrected chi connectivity index (χ2v) is 7.88. The number of ether oxygens (including phenoxy) is 2. The second kappa shape index (κ2) is 8.55. The van der Waals surface area contributed by atoms with Crippen LogP contribution in [-0.2, 0) is 25.6 Å². The Hall–Kier alpha value is -2.37. The predicted molar refractivity (Wildman–Crippen MR) is 102 cm³/mol. The molecule has 0 amide bonds. The second-order valence-electron chi connectivity index (χ2n) is 7.88. The van der Waals surface area contributed by atoms with Gasteiger partial charge < -0.3 is 14.0 Å². The van der Waals surface area contributed by atoms with Crippen molar-refractivity contribution in [1.29, 1.82) is 0 Å². The van der Waals surface area contributed by atoms with Crippen molar-refractivity contribution in [3.63, 3.8) is 0 Å². The summed E-state index contributed by atoms with van der Waals surface area (Å²) in [6.07, 6.45) is 4.64. The summed E-state index contributed by atoms with van der Waals surface area (Å²) in [6.45, 7) is 6.19. The van der Waals surface area contributed by atoms with Gasteiger partial charge in [0.15, 0.2) is 6.61 Å². The van der Waals surface area contributed by atoms with E-state index in [9.17, 15) is 9.59 Å². The number of carbonyl (C=O) groups excluding carboxylic acids is 2. The third-order valence-electron chi connectivity index (χ3n) is 5.42. The molecule has 1 fully saturated rings. The summed E-state index contributed by atoms with van der Waals surface area (Å²) >= 11 is 0. The first-order valence-electron chi connectivity index (χ1n) is 9.69. The van der Waals surface area contributed by atoms with Gasteiger partial charge in [-0.3, -0.25) is 4.79 Å². The molecule has 0 saturated heterocycles. The molecule has 0 radical (unpaired) electrons. The number of imidazole rings is 1. The molecular formula is C21H28N2O4. The maximum Gasteiger partial charge on any atom is 0.344 e. The number of aromatic nitrogens is 2. The van der Waals surface area contributed by atoms with Crippen molar-refractivity contribution in [3.05, 3.63) is 30.6 Å². The van der Waals surface area contributed by atoms with E-state index in [1.807, 2.05) is 24.3 Å². The monoisotopic (exact) mass is 372 g/mol. The molecule has 1 aromatic carbocycles. The van der Waals surface area contributed by atoms with E-state index >= 15 is 0 Å². The van der Waals surface area contributed by atoms with Crippen LogP contribution in [0.25, 0.3) is 11.0 Å². The molecule has 1 aromatic heterocycles. The van der Waals surface area contributed by atoms with E-state index in [0.29, 0.717) is 17.8 Å². The maximum atomic E-state index is 12.2. The molecule has 6 heteroatoms. The number of para-hydroxylation sites is 2. The van der Waals surface area contributed by atoms with Gasteiger partial charge in [-0.15, -0.1) is 0 Å². The number of hydrogen-bond acceptors (Lipinski definition) is 5. The Morgan fingerprint density at radius 2 is 2.00 bits per heavy atom. The normalized spacial score (nSPS) is 22.7. The van der Waals surface area contributed by atoms with Crippen LogP contribution in [0.2, 0.25) is 0 Å². The number of benzene rings is 1. The Balaban J connectivity index is 1.50. The molecule has 3 rings (SSSR count). The number of nitrogens with zero attached hydrogens (tertiary/aromatic N) is 2. The fraction of sp³-hybridized carbons (Fsp3) is 0.571. The molecule has 1 heterocycles. The Kier molecular flexibility index (Phi) is 6.14. The molecule has 3 atom stereocenters. The van der Waals surface area contributed by atoms with Crippen molar-refractivity contribution >= 4 is 23.0 Å². The summed E-state index contributed by atoms with van der Waals surface area (Å²) in [4.78, 5) is 28.5. The molecular weight excluding hydrogens is 344 g/mol. The first-order chi connectivity index (χ1) is 12.9. The van der Waals surface area contributed by atoms with Crippen molar-refractivity contribution in [3.8, 4) is 0 Å². The molecule has 0 unspecified atom stereocenters. The summed E-state index contributed by atoms with van der Waals surface area (Å²) in [5, 5.41) is 0. The van der Waals surface area contributed by atoms with Crippen molar-refractivity contribution in [1.82, 2.24) is 9.55 Å². The van der Waals surface area contributed by atoms with Crippen molar-refractivity contribution < 1.29 is 19.1 Å². The Labute approximate surface area is 159 Å². The fourth-order valence-corrected chi connectivity index (χ4v) is 3.91. The smallest absolute Gasteiger partial charge is 0.344 e. The van der Waals surface area contributed by atoms with Crippen LogP contribution < -0.4 is 0 Å². The summed E-state index contributed by atoms with van der Waals surface area (Å²) in [5.41, 5.74) is 1.67. The van der Waals surface area contributed by atoms with Gasteiger partial charge in [-0.05, 0) is 42.7 Å². The molecule has 6 nitrogen and oxygen atoms in total. The lowest BCUT2D eigenvalue weighted by molar-refractivity contribution is -0.167. The third kappa shape index (κ3) is 4.87. The number of esters is 2. The van der Waals surface area contributed by atoms with Gasteiger partial charge in [0, 0.05) is 0 Å². The first-order valence-corrected chi connectivity index (χ1v) is 9.69. The van der Waals surface area contributed by atoms with Crippen LogP contribution in [-0.4, -0.2) is 34.2 Å². The molecule has 0 spiro atoms. The molecule has 1 aliphatic carbocycles. The fourth-order valence-electron chi connectivity index (χ4n) is 3.91. The summed E-state index contributed by atoms with van der Waals surface area (Å²) in [6, 6.07) is 7.55. The largest absolute Gasteiger partial charge is 0.460 e. The minimum atomic E-state index is -0.479. The quantitative estimate of drug-likeness (QED) is 0.725. The lowest BCUT2D eigenvalue weighted by Crippen LogP contribution is -2.37. The zero-order valence-corrected chi connectivity index (χ0v) is 16.3. The molecule has 27 heavy (non-hydrogen) atoms. The Morgan fingerprint density at radius 1 is 1.22 bits per heavy atom. The SMILES string of the molecule is CC(C)[C@H]1CC[C@@H](C)C[C@H]1OC(=O)COC(=O)Cn1cnc2ccccc21. The zero-order chi connectivity index (χ0) is 19.4. The molecule has 2 aromatic rings. The highest BCUT2D eigenvalue weighted by Gasteiger charge is 2.33. The zero-order valence-electron chi connectivity index (χ0n) is 16.3. The Bertz CT molecular complexity index is 798. The number of rotatable bonds is 6. The van der Waals surface area contributed by atoms with Crippen molar-refractivity contribution in [2.45, 2.75) is 52.7 Å². The van der Waals surface area contributed by atoms with Crippen molar-refractivity contribution in [2.24, 2.45) is 17.8 Å². The maximum absolute atomic E-state index is 12.2. The lowest BCUT2D eigenvalue weighted by Gasteiger charge is -2.36. The van der Waals surface area contributed by atoms with Gasteiger partial charge in [0.25, 0.3) is 0 Å². The minimum absolute atomic E-state index is 0.0167. The van der Waals surface area contributed by atoms with Crippen molar-refractivity contribution in [2.75, 3.05) is 6.61 Å². The third-order valence-corrected chi connectivity index (χ3v) is 5.42. The topological polar surface area (TPSA) is 70.4 Å². The van der Waals surface area contributed by atoms with Gasteiger partial charge in [-0.1, -0.05) is 39.3 Å². The van der Waals surface area contributed by atoms with Crippen LogP contribution in [0.1, 0.15) is 40.0 Å². The molecule has 146 valence electrons. The van der Waals surface area contributed by atoms with Gasteiger partial charge in [0.1, 0.15) is 12.6 Å². The van der Waals surface area contributed by atoms with E-state index in [0.717, 1.165) is 23.9 Å². The van der Waals surface area contributed by atoms with E-state index < -0.39 is 11.9 Å². The van der Waals surface area contributed by atoms with Gasteiger partial charge >= 0.3 is 11.9 Å². The van der Waals surface area contributed by atoms with Gasteiger partial charge in [-0.2, -0.15) is 0 Å². The first kappa shape index (κ1) is 19.4. The van der Waals surface area contributed by atoms with Crippen LogP contribution in [0.5, 0.6) is 0 Å². The molecule has 1 aliphatic rings. The lowest BCUT2D eigenvalue weighted by atomic mass is 9.75. The average molecular weight is 372 g/mol. The highest BCUT2D eigenvalue weighted by atomic mass is 16.6. The van der Waals surface area contributed by atoms with Crippen LogP contribution in [0, 0.1) is 17.8 Å². The minimum Gasteiger partial charge on any atom is -0.460 e. The number of hydrogen-bond donors (Lipinski definition) is 0. The molecule has 1 saturated carbocycles. The van der Waals surface area contributed by atoms with Crippen LogP contribution in [0.15, 0.2) is 30.6 Å². The number of carbonyl (C=O) groups is 2. The van der Waals surface area contributed by atoms with Gasteiger partial charge in [0.2, 0.25) is 0 Å². The average Bonchev–Trinajstić information content (AvgIpc) is 3.03. The van der Waals surface area contributed by atoms with E-state index in [1.54, 1.807) is 10.9 Å². The summed E-state index contributed by atoms with van der Waals surface area (Å²) in [7, 11) is 0. The molecule has 0 bridgehead atoms. The molecule has 0 aliphatic heterocycles. The number of fused-ring (bicyclic) bond motifs is 1. The predicted octanol–water partition coefficient (Wildman–Crippen LogP) is 3.58. The van der Waals surface area contributed by atoms with E-state index in [4.69, 9.17) is 9.47 Å². The van der Waals surface area contributed by atoms with E-state index in [1.165, 1.54) is 6.42 Å². The highest BCUT2D eigenvalue weighted by molar-refractivity contribution is 5.79. The van der Waals surface area contributed by atoms with Crippen LogP contribution >= 0.6 is 0 Å². The van der Waals surface area contributed by atoms with Gasteiger partial charge in [-0.25, -0.2) is 9.78 Å². The summed E-state index contributed by atoms with van der Waals surface area (Å²) in [5.74, 6) is 0.441. The van der Waals surface area contributed by atoms with Gasteiger partial charge in [0.05, 0.1) is 17.4 Å². The van der Waals surface area contributed by atoms with E-state index in [-0.39, 0.29) is 19.3 Å². The van der Waals surface area contributed by atoms with E-state index in [2.05, 4.69) is 25.8 Å². The standard InChI is InChI=1S/C21H28N2O4/c1-14(2)16-9-8-15(3)10-19(16)27-21(25)12-26-20(24)11-23-13-22-17-6-4-5-7-18(17)23/h4-7,13-16,19H,8-12H2,1-3H3/t15-,16-,19-/m1/s1.